The number of nitrogens with two attached hydrogens (primary N) is 1. The maximum absolute atomic E-state index is 7.57. The molecule has 0 aromatic rings. The summed E-state index contributed by atoms with van der Waals surface area (Å²) >= 11 is 0. The van der Waals surface area contributed by atoms with Crippen LogP contribution in [0.25, 0.3) is 0 Å². The molecule has 0 bridgehead atoms. The van der Waals surface area contributed by atoms with Gasteiger partial charge in [-0.05, 0) is 45.3 Å². The van der Waals surface area contributed by atoms with Crippen LogP contribution in [0.15, 0.2) is 0 Å². The molecule has 0 aliphatic heterocycles. The van der Waals surface area contributed by atoms with Crippen LogP contribution in [0, 0.1) is 10.8 Å². The standard InChI is InChI=1S/C16H35N3/c1-5-7-12-19(13-8-6-2)14-10-9-11-16(3,4)15(17)18/h5-14H2,1-4H3,(H3,17,18). The van der Waals surface area contributed by atoms with E-state index in [9.17, 15) is 0 Å². The molecule has 0 radical (unpaired) electrons. The van der Waals surface area contributed by atoms with Crippen LogP contribution in [0.1, 0.15) is 72.6 Å². The summed E-state index contributed by atoms with van der Waals surface area (Å²) in [7, 11) is 0. The second kappa shape index (κ2) is 10.2. The molecule has 0 aliphatic carbocycles. The molecule has 0 atom stereocenters. The Labute approximate surface area is 120 Å². The highest BCUT2D eigenvalue weighted by atomic mass is 15.1. The fourth-order valence-electron chi connectivity index (χ4n) is 2.14. The lowest BCUT2D eigenvalue weighted by Gasteiger charge is -2.25. The zero-order chi connectivity index (χ0) is 14.7. The van der Waals surface area contributed by atoms with Crippen molar-refractivity contribution in [2.24, 2.45) is 11.1 Å². The predicted molar refractivity (Wildman–Crippen MR) is 85.8 cm³/mol. The first-order valence-electron chi connectivity index (χ1n) is 8.01. The summed E-state index contributed by atoms with van der Waals surface area (Å²) in [4.78, 5) is 2.60. The van der Waals surface area contributed by atoms with Crippen molar-refractivity contribution < 1.29 is 0 Å². The molecule has 0 amide bonds. The van der Waals surface area contributed by atoms with Crippen molar-refractivity contribution in [3.05, 3.63) is 0 Å². The van der Waals surface area contributed by atoms with E-state index in [0.29, 0.717) is 5.84 Å². The average molecular weight is 269 g/mol. The SMILES string of the molecule is CCCCN(CCCC)CCCCC(C)(C)C(=N)N. The summed E-state index contributed by atoms with van der Waals surface area (Å²) in [5.74, 6) is 0.321. The van der Waals surface area contributed by atoms with E-state index in [4.69, 9.17) is 11.1 Å². The van der Waals surface area contributed by atoms with Crippen molar-refractivity contribution in [3.8, 4) is 0 Å². The lowest BCUT2D eigenvalue weighted by molar-refractivity contribution is 0.255. The lowest BCUT2D eigenvalue weighted by Crippen LogP contribution is -2.31. The number of hydrogen-bond donors (Lipinski definition) is 2. The molecular formula is C16H35N3. The van der Waals surface area contributed by atoms with Gasteiger partial charge in [0.15, 0.2) is 0 Å². The lowest BCUT2D eigenvalue weighted by atomic mass is 9.86. The van der Waals surface area contributed by atoms with Crippen molar-refractivity contribution in [3.63, 3.8) is 0 Å². The predicted octanol–water partition coefficient (Wildman–Crippen LogP) is 4.02. The smallest absolute Gasteiger partial charge is 0.0963 e. The van der Waals surface area contributed by atoms with Gasteiger partial charge in [0.25, 0.3) is 0 Å². The molecule has 0 heterocycles. The van der Waals surface area contributed by atoms with E-state index in [2.05, 4.69) is 32.6 Å². The van der Waals surface area contributed by atoms with Crippen LogP contribution >= 0.6 is 0 Å². The van der Waals surface area contributed by atoms with Gasteiger partial charge < -0.3 is 10.6 Å². The summed E-state index contributed by atoms with van der Waals surface area (Å²) in [6.07, 6.45) is 8.59. The number of nitrogens with one attached hydrogen (secondary N) is 1. The molecule has 3 nitrogen and oxygen atoms in total. The second-order valence-electron chi connectivity index (χ2n) is 6.30. The highest BCUT2D eigenvalue weighted by molar-refractivity contribution is 5.82. The Morgan fingerprint density at radius 2 is 1.42 bits per heavy atom. The average Bonchev–Trinajstić information content (AvgIpc) is 2.36. The van der Waals surface area contributed by atoms with Gasteiger partial charge in [-0.25, -0.2) is 0 Å². The van der Waals surface area contributed by atoms with E-state index in [-0.39, 0.29) is 5.41 Å². The first-order chi connectivity index (χ1) is 8.94. The number of unbranched alkanes of at least 4 members (excludes halogenated alkanes) is 3. The Kier molecular flexibility index (Phi) is 9.94. The third-order valence-corrected chi connectivity index (χ3v) is 3.91. The first-order valence-corrected chi connectivity index (χ1v) is 8.01. The third kappa shape index (κ3) is 9.04. The van der Waals surface area contributed by atoms with E-state index in [0.717, 1.165) is 6.42 Å². The highest BCUT2D eigenvalue weighted by Crippen LogP contribution is 2.22. The highest BCUT2D eigenvalue weighted by Gasteiger charge is 2.20. The van der Waals surface area contributed by atoms with Crippen LogP contribution < -0.4 is 5.73 Å². The van der Waals surface area contributed by atoms with Crippen molar-refractivity contribution >= 4 is 5.84 Å². The zero-order valence-electron chi connectivity index (χ0n) is 13.6. The number of amidine groups is 1. The Balaban J connectivity index is 3.87. The van der Waals surface area contributed by atoms with Crippen molar-refractivity contribution in [1.82, 2.24) is 4.90 Å². The van der Waals surface area contributed by atoms with Crippen LogP contribution in [0.4, 0.5) is 0 Å². The van der Waals surface area contributed by atoms with Crippen LogP contribution in [0.3, 0.4) is 0 Å². The minimum atomic E-state index is -0.127. The van der Waals surface area contributed by atoms with Gasteiger partial charge in [-0.2, -0.15) is 0 Å². The summed E-state index contributed by atoms with van der Waals surface area (Å²) in [6.45, 7) is 12.3. The molecule has 0 saturated heterocycles. The Bertz CT molecular complexity index is 228. The minimum absolute atomic E-state index is 0.127. The van der Waals surface area contributed by atoms with Crippen LogP contribution in [0.5, 0.6) is 0 Å². The van der Waals surface area contributed by atoms with Gasteiger partial charge >= 0.3 is 0 Å². The third-order valence-electron chi connectivity index (χ3n) is 3.91. The normalized spacial score (nSPS) is 12.1. The van der Waals surface area contributed by atoms with E-state index in [1.165, 1.54) is 58.2 Å². The molecule has 0 rings (SSSR count). The molecular weight excluding hydrogens is 234 g/mol. The number of hydrogen-bond acceptors (Lipinski definition) is 2. The maximum Gasteiger partial charge on any atom is 0.0963 e. The molecule has 19 heavy (non-hydrogen) atoms. The van der Waals surface area contributed by atoms with E-state index < -0.39 is 0 Å². The summed E-state index contributed by atoms with van der Waals surface area (Å²) in [5.41, 5.74) is 5.49. The van der Waals surface area contributed by atoms with Gasteiger partial charge in [-0.15, -0.1) is 0 Å². The van der Waals surface area contributed by atoms with Gasteiger partial charge in [0.2, 0.25) is 0 Å². The first kappa shape index (κ1) is 18.4. The summed E-state index contributed by atoms with van der Waals surface area (Å²) in [5, 5.41) is 7.57. The molecule has 0 unspecified atom stereocenters. The van der Waals surface area contributed by atoms with E-state index >= 15 is 0 Å². The van der Waals surface area contributed by atoms with Gasteiger partial charge in [0, 0.05) is 5.41 Å². The minimum Gasteiger partial charge on any atom is -0.387 e. The van der Waals surface area contributed by atoms with Gasteiger partial charge in [-0.1, -0.05) is 47.0 Å². The van der Waals surface area contributed by atoms with E-state index in [1.54, 1.807) is 0 Å². The van der Waals surface area contributed by atoms with Crippen molar-refractivity contribution in [2.45, 2.75) is 72.6 Å². The van der Waals surface area contributed by atoms with Crippen molar-refractivity contribution in [1.29, 1.82) is 5.41 Å². The number of rotatable bonds is 12. The zero-order valence-corrected chi connectivity index (χ0v) is 13.6. The summed E-state index contributed by atoms with van der Waals surface area (Å²) in [6, 6.07) is 0. The quantitative estimate of drug-likeness (QED) is 0.319. The van der Waals surface area contributed by atoms with E-state index in [1.807, 2.05) is 0 Å². The fourth-order valence-corrected chi connectivity index (χ4v) is 2.14. The Morgan fingerprint density at radius 1 is 0.947 bits per heavy atom. The molecule has 0 saturated carbocycles. The molecule has 0 fully saturated rings. The number of nitrogens with zero attached hydrogens (tertiary/aromatic N) is 1. The fraction of sp³-hybridized carbons (Fsp3) is 0.938. The molecule has 0 spiro atoms. The van der Waals surface area contributed by atoms with Crippen LogP contribution in [-0.2, 0) is 0 Å². The van der Waals surface area contributed by atoms with Gasteiger partial charge in [-0.3, -0.25) is 5.41 Å². The maximum atomic E-state index is 7.57. The van der Waals surface area contributed by atoms with Gasteiger partial charge in [0.05, 0.1) is 5.84 Å². The Hall–Kier alpha value is -0.570. The topological polar surface area (TPSA) is 53.1 Å². The van der Waals surface area contributed by atoms with Gasteiger partial charge in [0.1, 0.15) is 0 Å². The second-order valence-corrected chi connectivity index (χ2v) is 6.30. The van der Waals surface area contributed by atoms with Crippen LogP contribution in [0.2, 0.25) is 0 Å². The summed E-state index contributed by atoms with van der Waals surface area (Å²) < 4.78 is 0. The molecule has 3 N–H and O–H groups in total. The molecule has 114 valence electrons. The molecule has 0 aromatic heterocycles. The van der Waals surface area contributed by atoms with Crippen molar-refractivity contribution in [2.75, 3.05) is 19.6 Å². The molecule has 0 aliphatic rings. The Morgan fingerprint density at radius 3 is 1.84 bits per heavy atom. The monoisotopic (exact) mass is 269 g/mol. The largest absolute Gasteiger partial charge is 0.387 e. The molecule has 0 aromatic carbocycles. The molecule has 3 heteroatoms. The van der Waals surface area contributed by atoms with Crippen LogP contribution in [-0.4, -0.2) is 30.4 Å².